The smallest absolute Gasteiger partial charge is 0.855 e. The fraction of sp³-hybridized carbons (Fsp3) is 0.400. The summed E-state index contributed by atoms with van der Waals surface area (Å²) in [5.74, 6) is -0.748. The number of Topliss-reactive ketones (excluding diaryl/α,β-unsaturated/α-hetero) is 4. The Kier molecular flexibility index (Phi) is 24.9. The van der Waals surface area contributed by atoms with Crippen molar-refractivity contribution < 1.29 is 51.1 Å². The Labute approximate surface area is 236 Å². The number of unbranched alkanes of at least 4 members (excludes halogenated alkanes) is 5. The summed E-state index contributed by atoms with van der Waals surface area (Å²) in [6.07, 6.45) is 8.48. The van der Waals surface area contributed by atoms with Crippen molar-refractivity contribution in [2.75, 3.05) is 13.2 Å². The molecule has 0 heterocycles. The average molecular weight is 542 g/mol. The van der Waals surface area contributed by atoms with E-state index in [-0.39, 0.29) is 58.1 Å². The van der Waals surface area contributed by atoms with Crippen LogP contribution in [0.3, 0.4) is 0 Å². The predicted octanol–water partition coefficient (Wildman–Crippen LogP) is 4.15. The van der Waals surface area contributed by atoms with E-state index in [2.05, 4.69) is 0 Å². The maximum atomic E-state index is 11.9. The van der Waals surface area contributed by atoms with Crippen molar-refractivity contribution in [3.63, 3.8) is 0 Å². The van der Waals surface area contributed by atoms with Crippen LogP contribution in [0.15, 0.2) is 60.7 Å². The van der Waals surface area contributed by atoms with Crippen LogP contribution in [0.4, 0.5) is 0 Å². The van der Waals surface area contributed by atoms with Gasteiger partial charge < -0.3 is 29.4 Å². The molecule has 0 bridgehead atoms. The molecule has 0 atom stereocenters. The van der Waals surface area contributed by atoms with Gasteiger partial charge in [-0.25, -0.2) is 0 Å². The van der Waals surface area contributed by atoms with Crippen LogP contribution in [0.1, 0.15) is 85.9 Å². The van der Waals surface area contributed by atoms with E-state index >= 15 is 0 Å². The SMILES string of the molecule is CC[O-].CC[O-].O=C([CH-]C(=O)c1ccccc1)CCCCCCCCC(=O)[CH-]C(=O)c1ccccc1.[Ti+4]. The Bertz CT molecular complexity index is 795. The monoisotopic (exact) mass is 542 g/mol. The van der Waals surface area contributed by atoms with E-state index < -0.39 is 0 Å². The summed E-state index contributed by atoms with van der Waals surface area (Å²) in [7, 11) is 0. The van der Waals surface area contributed by atoms with Gasteiger partial charge in [0.1, 0.15) is 0 Å². The Morgan fingerprint density at radius 3 is 1.14 bits per heavy atom. The Morgan fingerprint density at radius 2 is 0.838 bits per heavy atom. The van der Waals surface area contributed by atoms with Gasteiger partial charge in [0.25, 0.3) is 0 Å². The maximum Gasteiger partial charge on any atom is 4.00 e. The zero-order chi connectivity index (χ0) is 27.0. The van der Waals surface area contributed by atoms with Crippen LogP contribution < -0.4 is 10.2 Å². The molecule has 0 saturated heterocycles. The normalized spacial score (nSPS) is 9.30. The molecule has 0 spiro atoms. The van der Waals surface area contributed by atoms with Crippen molar-refractivity contribution in [2.24, 2.45) is 0 Å². The minimum Gasteiger partial charge on any atom is -0.855 e. The number of hydrogen-bond donors (Lipinski definition) is 0. The van der Waals surface area contributed by atoms with Crippen molar-refractivity contribution in [2.45, 2.75) is 65.2 Å². The summed E-state index contributed by atoms with van der Waals surface area (Å²) in [5.41, 5.74) is 1.06. The molecule has 0 saturated carbocycles. The molecule has 7 heteroatoms. The van der Waals surface area contributed by atoms with Crippen LogP contribution >= 0.6 is 0 Å². The van der Waals surface area contributed by atoms with Crippen LogP contribution in [0.2, 0.25) is 0 Å². The summed E-state index contributed by atoms with van der Waals surface area (Å²) in [4.78, 5) is 47.6. The molecule has 2 aromatic rings. The minimum atomic E-state index is -0.243. The fourth-order valence-electron chi connectivity index (χ4n) is 3.11. The predicted molar refractivity (Wildman–Crippen MR) is 138 cm³/mol. The average Bonchev–Trinajstić information content (AvgIpc) is 2.87. The third-order valence-corrected chi connectivity index (χ3v) is 4.80. The number of hydrogen-bond acceptors (Lipinski definition) is 6. The van der Waals surface area contributed by atoms with E-state index in [1.54, 1.807) is 62.4 Å². The van der Waals surface area contributed by atoms with Gasteiger partial charge in [-0.1, -0.05) is 75.9 Å². The van der Waals surface area contributed by atoms with Crippen LogP contribution in [0.5, 0.6) is 0 Å². The summed E-state index contributed by atoms with van der Waals surface area (Å²) in [5, 5.41) is 17.9. The quantitative estimate of drug-likeness (QED) is 0.110. The summed E-state index contributed by atoms with van der Waals surface area (Å²) >= 11 is 0. The molecular weight excluding hydrogens is 504 g/mol. The second-order valence-electron chi connectivity index (χ2n) is 7.88. The molecule has 0 N–H and O–H groups in total. The van der Waals surface area contributed by atoms with Gasteiger partial charge in [-0.2, -0.15) is 0 Å². The fourth-order valence-corrected chi connectivity index (χ4v) is 3.11. The Balaban J connectivity index is 0. The maximum absolute atomic E-state index is 11.9. The number of benzene rings is 2. The second kappa shape index (κ2) is 25.2. The molecule has 6 nitrogen and oxygen atoms in total. The first-order valence-corrected chi connectivity index (χ1v) is 12.5. The molecule has 37 heavy (non-hydrogen) atoms. The molecule has 0 amide bonds. The molecule has 0 unspecified atom stereocenters. The van der Waals surface area contributed by atoms with Gasteiger partial charge in [-0.05, 0) is 25.7 Å². The van der Waals surface area contributed by atoms with E-state index in [9.17, 15) is 19.2 Å². The third kappa shape index (κ3) is 20.3. The topological polar surface area (TPSA) is 114 Å². The van der Waals surface area contributed by atoms with Crippen molar-refractivity contribution in [3.8, 4) is 0 Å². The van der Waals surface area contributed by atoms with E-state index in [0.717, 1.165) is 38.5 Å². The molecule has 0 aliphatic heterocycles. The number of carbonyl (C=O) groups excluding carboxylic acids is 4. The Hall–Kier alpha value is -2.51. The van der Waals surface area contributed by atoms with Crippen LogP contribution in [0, 0.1) is 12.8 Å². The van der Waals surface area contributed by atoms with Crippen molar-refractivity contribution in [1.29, 1.82) is 0 Å². The zero-order valence-corrected chi connectivity index (χ0v) is 23.5. The first kappa shape index (κ1) is 36.7. The standard InChI is InChI=1S/C26H28O4.2C2H5O.Ti/c27-23(19-25(29)21-13-7-5-8-14-21)17-11-3-1-2-4-12-18-24(28)20-26(30)22-15-9-6-10-16-22;2*1-2-3;/h5-10,13-16,19-20H,1-4,11-12,17-18H2;2*2H2,1H3;/q-2;2*-1;+4. The first-order valence-electron chi connectivity index (χ1n) is 12.5. The summed E-state index contributed by atoms with van der Waals surface area (Å²) in [6.45, 7) is 3.14. The van der Waals surface area contributed by atoms with Gasteiger partial charge in [0.2, 0.25) is 0 Å². The van der Waals surface area contributed by atoms with Gasteiger partial charge in [-0.15, -0.1) is 61.4 Å². The third-order valence-electron chi connectivity index (χ3n) is 4.80. The molecule has 198 valence electrons. The van der Waals surface area contributed by atoms with Gasteiger partial charge in [0, 0.05) is 11.6 Å². The molecule has 0 aliphatic rings. The molecule has 0 aromatic heterocycles. The molecule has 0 radical (unpaired) electrons. The van der Waals surface area contributed by atoms with Gasteiger partial charge >= 0.3 is 21.7 Å². The van der Waals surface area contributed by atoms with E-state index in [1.165, 1.54) is 12.8 Å². The number of ketones is 4. The second-order valence-corrected chi connectivity index (χ2v) is 7.88. The molecular formula is C30H38O6Ti. The zero-order valence-electron chi connectivity index (χ0n) is 21.9. The molecule has 0 fully saturated rings. The van der Waals surface area contributed by atoms with E-state index in [1.807, 2.05) is 12.1 Å². The summed E-state index contributed by atoms with van der Waals surface area (Å²) < 4.78 is 0. The number of carbonyl (C=O) groups is 4. The molecule has 0 aliphatic carbocycles. The first-order chi connectivity index (χ1) is 17.4. The molecule has 2 aromatic carbocycles. The van der Waals surface area contributed by atoms with E-state index in [0.29, 0.717) is 24.0 Å². The summed E-state index contributed by atoms with van der Waals surface area (Å²) in [6, 6.07) is 17.6. The van der Waals surface area contributed by atoms with Crippen LogP contribution in [0.25, 0.3) is 0 Å². The molecule has 2 rings (SSSR count). The van der Waals surface area contributed by atoms with Crippen molar-refractivity contribution in [1.82, 2.24) is 0 Å². The number of rotatable bonds is 15. The van der Waals surface area contributed by atoms with Gasteiger partial charge in [0.05, 0.1) is 11.6 Å². The van der Waals surface area contributed by atoms with Gasteiger partial charge in [-0.3, -0.25) is 0 Å². The van der Waals surface area contributed by atoms with Crippen molar-refractivity contribution in [3.05, 3.63) is 84.6 Å². The van der Waals surface area contributed by atoms with Crippen LogP contribution in [-0.2, 0) is 31.3 Å². The minimum absolute atomic E-state index is 0. The van der Waals surface area contributed by atoms with Gasteiger partial charge in [0.15, 0.2) is 0 Å². The van der Waals surface area contributed by atoms with Crippen LogP contribution in [-0.4, -0.2) is 36.3 Å². The largest absolute Gasteiger partial charge is 4.00 e. The van der Waals surface area contributed by atoms with E-state index in [4.69, 9.17) is 10.2 Å². The Morgan fingerprint density at radius 1 is 0.568 bits per heavy atom. The van der Waals surface area contributed by atoms with Crippen molar-refractivity contribution >= 4 is 23.1 Å².